The summed E-state index contributed by atoms with van der Waals surface area (Å²) < 4.78 is 12.6. The fraction of sp³-hybridized carbons (Fsp3) is 0.391. The lowest BCUT2D eigenvalue weighted by Crippen LogP contribution is -2.41. The second kappa shape index (κ2) is 9.80. The molecular weight excluding hydrogens is 398 g/mol. The van der Waals surface area contributed by atoms with Crippen LogP contribution in [0.3, 0.4) is 0 Å². The molecule has 1 atom stereocenters. The van der Waals surface area contributed by atoms with Crippen LogP contribution in [-0.4, -0.2) is 54.1 Å². The third kappa shape index (κ3) is 4.50. The van der Waals surface area contributed by atoms with E-state index in [1.807, 2.05) is 34.9 Å². The van der Waals surface area contributed by atoms with Crippen molar-refractivity contribution in [2.45, 2.75) is 31.7 Å². The average molecular weight is 423 g/mol. The van der Waals surface area contributed by atoms with Crippen LogP contribution in [0, 0.1) is 0 Å². The Kier molecular flexibility index (Phi) is 6.69. The number of ether oxygens (including phenoxy) is 2. The first-order valence-corrected chi connectivity index (χ1v) is 10.5. The van der Waals surface area contributed by atoms with Crippen LogP contribution in [0.15, 0.2) is 36.5 Å². The molecule has 1 saturated heterocycles. The van der Waals surface area contributed by atoms with E-state index in [4.69, 9.17) is 9.47 Å². The number of hydrogen-bond acceptors (Lipinski definition) is 6. The molecule has 31 heavy (non-hydrogen) atoms. The van der Waals surface area contributed by atoms with Crippen LogP contribution in [0.1, 0.15) is 30.9 Å². The maximum Gasteiger partial charge on any atom is 0.249 e. The molecule has 4 rings (SSSR count). The molecule has 1 fully saturated rings. The van der Waals surface area contributed by atoms with Gasteiger partial charge in [-0.1, -0.05) is 18.2 Å². The van der Waals surface area contributed by atoms with Crippen LogP contribution in [-0.2, 0) is 30.3 Å². The number of carbonyl (C=O) groups excluding carboxylic acids is 3. The lowest BCUT2D eigenvalue weighted by Gasteiger charge is -2.23. The summed E-state index contributed by atoms with van der Waals surface area (Å²) in [4.78, 5) is 39.0. The number of aldehydes is 1. The van der Waals surface area contributed by atoms with Crippen LogP contribution < -0.4 is 5.32 Å². The van der Waals surface area contributed by atoms with E-state index in [-0.39, 0.29) is 18.4 Å². The Hall–Kier alpha value is -3.10. The molecule has 8 nitrogen and oxygen atoms in total. The summed E-state index contributed by atoms with van der Waals surface area (Å²) in [5.74, 6) is -0.511. The third-order valence-corrected chi connectivity index (χ3v) is 5.49. The molecule has 1 aromatic carbocycles. The van der Waals surface area contributed by atoms with Crippen molar-refractivity contribution >= 4 is 40.0 Å². The Morgan fingerprint density at radius 1 is 1.13 bits per heavy atom. The maximum absolute atomic E-state index is 12.6. The molecule has 0 bridgehead atoms. The molecule has 3 heterocycles. The highest BCUT2D eigenvalue weighted by Gasteiger charge is 2.31. The number of benzene rings is 1. The zero-order valence-corrected chi connectivity index (χ0v) is 17.2. The number of piperidine rings is 1. The number of fused-ring (bicyclic) bond motifs is 3. The highest BCUT2D eigenvalue weighted by molar-refractivity contribution is 6.10. The molecule has 162 valence electrons. The Balaban J connectivity index is 1.57. The molecule has 0 spiro atoms. The number of amides is 2. The summed E-state index contributed by atoms with van der Waals surface area (Å²) in [5.41, 5.74) is 2.85. The molecule has 0 aliphatic carbocycles. The lowest BCUT2D eigenvalue weighted by molar-refractivity contribution is -0.135. The van der Waals surface area contributed by atoms with Gasteiger partial charge in [0, 0.05) is 30.0 Å². The first kappa shape index (κ1) is 21.1. The van der Waals surface area contributed by atoms with E-state index in [2.05, 4.69) is 10.3 Å². The number of rotatable bonds is 10. The van der Waals surface area contributed by atoms with E-state index in [0.29, 0.717) is 32.7 Å². The number of nitrogens with zero attached hydrogens (tertiary/aromatic N) is 2. The van der Waals surface area contributed by atoms with Crippen molar-refractivity contribution in [3.63, 3.8) is 0 Å². The van der Waals surface area contributed by atoms with Gasteiger partial charge >= 0.3 is 0 Å². The van der Waals surface area contributed by atoms with Gasteiger partial charge in [0.15, 0.2) is 0 Å². The van der Waals surface area contributed by atoms with Gasteiger partial charge in [0.1, 0.15) is 24.6 Å². The normalized spacial score (nSPS) is 16.7. The van der Waals surface area contributed by atoms with Gasteiger partial charge in [0.25, 0.3) is 0 Å². The number of aromatic nitrogens is 2. The molecule has 0 saturated carbocycles. The van der Waals surface area contributed by atoms with Gasteiger partial charge in [-0.3, -0.25) is 14.9 Å². The van der Waals surface area contributed by atoms with Gasteiger partial charge in [-0.15, -0.1) is 0 Å². The van der Waals surface area contributed by atoms with E-state index in [9.17, 15) is 14.4 Å². The number of nitrogens with one attached hydrogen (secondary N) is 1. The van der Waals surface area contributed by atoms with Crippen LogP contribution in [0.4, 0.5) is 0 Å². The fourth-order valence-corrected chi connectivity index (χ4v) is 4.14. The molecule has 1 unspecified atom stereocenters. The molecule has 1 aliphatic heterocycles. The average Bonchev–Trinajstić information content (AvgIpc) is 3.11. The monoisotopic (exact) mass is 423 g/mol. The summed E-state index contributed by atoms with van der Waals surface area (Å²) >= 11 is 0. The summed E-state index contributed by atoms with van der Waals surface area (Å²) in [5, 5.41) is 4.54. The van der Waals surface area contributed by atoms with Crippen LogP contribution in [0.25, 0.3) is 21.9 Å². The largest absolute Gasteiger partial charge is 0.379 e. The molecule has 1 aliphatic rings. The minimum Gasteiger partial charge on any atom is -0.379 e. The van der Waals surface area contributed by atoms with Crippen molar-refractivity contribution < 1.29 is 23.9 Å². The van der Waals surface area contributed by atoms with Crippen LogP contribution in [0.5, 0.6) is 0 Å². The summed E-state index contributed by atoms with van der Waals surface area (Å²) in [6.45, 7) is 1.53. The third-order valence-electron chi connectivity index (χ3n) is 5.49. The maximum atomic E-state index is 12.6. The van der Waals surface area contributed by atoms with Gasteiger partial charge in [-0.2, -0.15) is 0 Å². The zero-order chi connectivity index (χ0) is 21.6. The van der Waals surface area contributed by atoms with Crippen molar-refractivity contribution in [1.82, 2.24) is 14.9 Å². The topological polar surface area (TPSA) is 99.5 Å². The lowest BCUT2D eigenvalue weighted by atomic mass is 10.0. The minimum atomic E-state index is -0.461. The Morgan fingerprint density at radius 2 is 1.97 bits per heavy atom. The van der Waals surface area contributed by atoms with Crippen LogP contribution >= 0.6 is 0 Å². The first-order chi connectivity index (χ1) is 15.2. The summed E-state index contributed by atoms with van der Waals surface area (Å²) in [6, 6.07) is 9.52. The van der Waals surface area contributed by atoms with Crippen molar-refractivity contribution in [1.29, 1.82) is 0 Å². The number of pyridine rings is 1. The van der Waals surface area contributed by atoms with Gasteiger partial charge in [0.2, 0.25) is 11.8 Å². The highest BCUT2D eigenvalue weighted by atomic mass is 16.5. The van der Waals surface area contributed by atoms with E-state index in [1.165, 1.54) is 0 Å². The van der Waals surface area contributed by atoms with E-state index >= 15 is 0 Å². The molecule has 0 radical (unpaired) electrons. The summed E-state index contributed by atoms with van der Waals surface area (Å²) in [7, 11) is 0. The van der Waals surface area contributed by atoms with Crippen molar-refractivity contribution in [3.8, 4) is 0 Å². The first-order valence-electron chi connectivity index (χ1n) is 10.5. The van der Waals surface area contributed by atoms with E-state index < -0.39 is 6.04 Å². The molecule has 8 heteroatoms. The van der Waals surface area contributed by atoms with E-state index in [1.54, 1.807) is 6.20 Å². The quantitative estimate of drug-likeness (QED) is 0.305. The number of aryl methyl sites for hydroxylation is 1. The highest BCUT2D eigenvalue weighted by Crippen LogP contribution is 2.35. The Morgan fingerprint density at radius 3 is 2.81 bits per heavy atom. The fourth-order valence-electron chi connectivity index (χ4n) is 4.14. The van der Waals surface area contributed by atoms with Crippen molar-refractivity contribution in [3.05, 3.63) is 42.1 Å². The molecule has 2 aromatic heterocycles. The predicted molar refractivity (Wildman–Crippen MR) is 115 cm³/mol. The van der Waals surface area contributed by atoms with E-state index in [0.717, 1.165) is 46.6 Å². The van der Waals surface area contributed by atoms with Gasteiger partial charge in [-0.05, 0) is 37.0 Å². The number of imide groups is 1. The second-order valence-corrected chi connectivity index (χ2v) is 7.48. The van der Waals surface area contributed by atoms with Gasteiger partial charge in [0.05, 0.1) is 18.7 Å². The molecular formula is C23H25N3O5. The van der Waals surface area contributed by atoms with Gasteiger partial charge in [-0.25, -0.2) is 4.98 Å². The molecule has 1 N–H and O–H groups in total. The summed E-state index contributed by atoms with van der Waals surface area (Å²) in [6.07, 6.45) is 4.90. The zero-order valence-electron chi connectivity index (χ0n) is 17.2. The van der Waals surface area contributed by atoms with Crippen molar-refractivity contribution in [2.24, 2.45) is 0 Å². The standard InChI is InChI=1S/C23H25N3O5/c27-11-13-31-15-14-30-12-3-4-16-9-10-24-22-21(16)17-5-1-2-6-18(17)26(22)19-7-8-20(28)25-23(19)29/h1-2,5-6,9-11,19H,3-4,7-8,12-15H2,(H,25,28,29). The predicted octanol–water partition coefficient (Wildman–Crippen LogP) is 2.33. The van der Waals surface area contributed by atoms with Gasteiger partial charge < -0.3 is 18.8 Å². The Bertz CT molecular complexity index is 1110. The number of para-hydroxylation sites is 1. The van der Waals surface area contributed by atoms with Crippen LogP contribution in [0.2, 0.25) is 0 Å². The number of hydrogen-bond donors (Lipinski definition) is 1. The molecule has 2 amide bonds. The molecule has 3 aromatic rings. The SMILES string of the molecule is O=CCOCCOCCCc1ccnc2c1c1ccccc1n2C1CCC(=O)NC1=O. The van der Waals surface area contributed by atoms with Crippen molar-refractivity contribution in [2.75, 3.05) is 26.4 Å². The number of carbonyl (C=O) groups is 3. The smallest absolute Gasteiger partial charge is 0.249 e. The Labute approximate surface area is 179 Å². The second-order valence-electron chi connectivity index (χ2n) is 7.48. The minimum absolute atomic E-state index is 0.0929.